The number of nitrogens with zero attached hydrogens (tertiary/aromatic N) is 3. The number of hydrogen-bond acceptors (Lipinski definition) is 6. The Kier molecular flexibility index (Phi) is 4.37. The highest BCUT2D eigenvalue weighted by Gasteiger charge is 2.17. The Balaban J connectivity index is 1.54. The molecule has 0 atom stereocenters. The van der Waals surface area contributed by atoms with Crippen molar-refractivity contribution in [3.05, 3.63) is 57.4 Å². The van der Waals surface area contributed by atoms with E-state index in [0.29, 0.717) is 6.54 Å². The lowest BCUT2D eigenvalue weighted by Gasteiger charge is -2.14. The summed E-state index contributed by atoms with van der Waals surface area (Å²) in [4.78, 5) is 25.2. The number of aromatic nitrogens is 2. The number of thiazole rings is 2. The zero-order valence-corrected chi connectivity index (χ0v) is 16.2. The molecule has 4 rings (SSSR count). The molecule has 1 aromatic carbocycles. The number of fused-ring (bicyclic) bond motifs is 1. The summed E-state index contributed by atoms with van der Waals surface area (Å²) in [7, 11) is 1.81. The quantitative estimate of drug-likeness (QED) is 0.493. The molecule has 3 aromatic heterocycles. The zero-order chi connectivity index (χ0) is 17.4. The third-order valence-corrected chi connectivity index (χ3v) is 6.84. The molecule has 4 aromatic rings. The van der Waals surface area contributed by atoms with Crippen LogP contribution >= 0.6 is 34.0 Å². The summed E-state index contributed by atoms with van der Waals surface area (Å²) in [5.74, 6) is 0.0167. The fraction of sp³-hybridized carbons (Fsp3) is 0.167. The fourth-order valence-corrected chi connectivity index (χ4v) is 5.15. The molecule has 0 unspecified atom stereocenters. The monoisotopic (exact) mass is 385 g/mol. The third-order valence-electron chi connectivity index (χ3n) is 3.73. The Morgan fingerprint density at radius 2 is 1.96 bits per heavy atom. The molecule has 0 aliphatic rings. The van der Waals surface area contributed by atoms with E-state index in [1.165, 1.54) is 11.3 Å². The molecule has 0 fully saturated rings. The van der Waals surface area contributed by atoms with Gasteiger partial charge in [-0.1, -0.05) is 12.1 Å². The number of amides is 1. The molecule has 4 nitrogen and oxygen atoms in total. The number of carbonyl (C=O) groups is 1. The molecule has 0 N–H and O–H groups in total. The number of hydrogen-bond donors (Lipinski definition) is 0. The van der Waals surface area contributed by atoms with Crippen molar-refractivity contribution in [3.63, 3.8) is 0 Å². The van der Waals surface area contributed by atoms with Crippen LogP contribution in [0.15, 0.2) is 41.8 Å². The van der Waals surface area contributed by atoms with Crippen molar-refractivity contribution in [1.82, 2.24) is 14.9 Å². The predicted molar refractivity (Wildman–Crippen MR) is 106 cm³/mol. The summed E-state index contributed by atoms with van der Waals surface area (Å²) in [6.45, 7) is 2.50. The van der Waals surface area contributed by atoms with Crippen molar-refractivity contribution in [3.8, 4) is 9.88 Å². The van der Waals surface area contributed by atoms with Crippen molar-refractivity contribution in [2.45, 2.75) is 13.5 Å². The van der Waals surface area contributed by atoms with E-state index in [1.54, 1.807) is 27.6 Å². The van der Waals surface area contributed by atoms with Gasteiger partial charge < -0.3 is 4.90 Å². The van der Waals surface area contributed by atoms with Crippen LogP contribution in [-0.4, -0.2) is 27.8 Å². The van der Waals surface area contributed by atoms with Gasteiger partial charge in [-0.15, -0.1) is 34.0 Å². The maximum absolute atomic E-state index is 12.7. The topological polar surface area (TPSA) is 46.1 Å². The van der Waals surface area contributed by atoms with E-state index in [0.717, 1.165) is 35.7 Å². The van der Waals surface area contributed by atoms with Crippen LogP contribution in [0.4, 0.5) is 0 Å². The van der Waals surface area contributed by atoms with Crippen LogP contribution < -0.4 is 0 Å². The summed E-state index contributed by atoms with van der Waals surface area (Å²) >= 11 is 4.75. The van der Waals surface area contributed by atoms with Gasteiger partial charge in [0.25, 0.3) is 5.91 Å². The number of aryl methyl sites for hydroxylation is 1. The maximum atomic E-state index is 12.7. The normalized spacial score (nSPS) is 11.1. The second-order valence-corrected chi connectivity index (χ2v) is 8.85. The molecule has 3 heterocycles. The average Bonchev–Trinajstić information content (AvgIpc) is 3.32. The number of rotatable bonds is 4. The number of thiophene rings is 1. The van der Waals surface area contributed by atoms with Crippen LogP contribution in [0.2, 0.25) is 0 Å². The van der Waals surface area contributed by atoms with Crippen LogP contribution in [0, 0.1) is 6.92 Å². The molecular formula is C18H15N3OS3. The highest BCUT2D eigenvalue weighted by Crippen LogP contribution is 2.34. The highest BCUT2D eigenvalue weighted by molar-refractivity contribution is 7.26. The van der Waals surface area contributed by atoms with Gasteiger partial charge in [-0.05, 0) is 31.2 Å². The van der Waals surface area contributed by atoms with E-state index in [1.807, 2.05) is 49.7 Å². The molecule has 25 heavy (non-hydrogen) atoms. The molecule has 0 saturated carbocycles. The van der Waals surface area contributed by atoms with Gasteiger partial charge in [0, 0.05) is 12.4 Å². The first-order valence-electron chi connectivity index (χ1n) is 7.72. The highest BCUT2D eigenvalue weighted by atomic mass is 32.1. The van der Waals surface area contributed by atoms with Crippen molar-refractivity contribution >= 4 is 50.1 Å². The second-order valence-electron chi connectivity index (χ2n) is 5.67. The smallest absolute Gasteiger partial charge is 0.264 e. The molecule has 0 radical (unpaired) electrons. The average molecular weight is 386 g/mol. The van der Waals surface area contributed by atoms with E-state index >= 15 is 0 Å². The summed E-state index contributed by atoms with van der Waals surface area (Å²) in [5, 5.41) is 3.98. The zero-order valence-electron chi connectivity index (χ0n) is 13.7. The lowest BCUT2D eigenvalue weighted by atomic mass is 10.3. The minimum Gasteiger partial charge on any atom is -0.335 e. The van der Waals surface area contributed by atoms with E-state index < -0.39 is 0 Å². The van der Waals surface area contributed by atoms with E-state index in [9.17, 15) is 4.79 Å². The van der Waals surface area contributed by atoms with Gasteiger partial charge in [-0.3, -0.25) is 4.79 Å². The number of para-hydroxylation sites is 1. The van der Waals surface area contributed by atoms with Crippen molar-refractivity contribution in [1.29, 1.82) is 0 Å². The van der Waals surface area contributed by atoms with E-state index in [2.05, 4.69) is 16.0 Å². The molecule has 1 amide bonds. The Morgan fingerprint density at radius 3 is 2.72 bits per heavy atom. The lowest BCUT2D eigenvalue weighted by Crippen LogP contribution is -2.25. The van der Waals surface area contributed by atoms with Gasteiger partial charge in [-0.2, -0.15) is 0 Å². The number of carbonyl (C=O) groups excluding carboxylic acids is 1. The van der Waals surface area contributed by atoms with Crippen LogP contribution in [0.3, 0.4) is 0 Å². The molecule has 0 bridgehead atoms. The molecule has 0 saturated heterocycles. The van der Waals surface area contributed by atoms with Crippen LogP contribution in [0.5, 0.6) is 0 Å². The van der Waals surface area contributed by atoms with Crippen molar-refractivity contribution in [2.24, 2.45) is 0 Å². The van der Waals surface area contributed by atoms with Crippen LogP contribution in [0.1, 0.15) is 20.4 Å². The molecule has 126 valence electrons. The summed E-state index contributed by atoms with van der Waals surface area (Å²) in [6.07, 6.45) is 0. The Morgan fingerprint density at radius 1 is 1.12 bits per heavy atom. The Labute approximate surface area is 157 Å². The summed E-state index contributed by atoms with van der Waals surface area (Å²) in [5.41, 5.74) is 1.93. The molecule has 0 spiro atoms. The largest absolute Gasteiger partial charge is 0.335 e. The Hall–Kier alpha value is -2.09. The molecule has 0 aliphatic carbocycles. The van der Waals surface area contributed by atoms with Gasteiger partial charge in [-0.25, -0.2) is 9.97 Å². The van der Waals surface area contributed by atoms with Crippen LogP contribution in [-0.2, 0) is 6.54 Å². The van der Waals surface area contributed by atoms with Gasteiger partial charge in [0.2, 0.25) is 0 Å². The second kappa shape index (κ2) is 6.67. The van der Waals surface area contributed by atoms with Crippen molar-refractivity contribution in [2.75, 3.05) is 7.05 Å². The van der Waals surface area contributed by atoms with Crippen LogP contribution in [0.25, 0.3) is 20.1 Å². The Bertz CT molecular complexity index is 1010. The SMILES string of the molecule is Cc1nc(CN(C)C(=O)c2ccc(-c3nc4ccccc4s3)s2)cs1. The lowest BCUT2D eigenvalue weighted by molar-refractivity contribution is 0.0788. The molecule has 7 heteroatoms. The summed E-state index contributed by atoms with van der Waals surface area (Å²) in [6, 6.07) is 12.0. The van der Waals surface area contributed by atoms with E-state index in [4.69, 9.17) is 0 Å². The first-order chi connectivity index (χ1) is 12.1. The minimum atomic E-state index is 0.0167. The minimum absolute atomic E-state index is 0.0167. The van der Waals surface area contributed by atoms with Gasteiger partial charge >= 0.3 is 0 Å². The maximum Gasteiger partial charge on any atom is 0.264 e. The molecule has 0 aliphatic heterocycles. The first-order valence-corrected chi connectivity index (χ1v) is 10.2. The number of benzene rings is 1. The van der Waals surface area contributed by atoms with E-state index in [-0.39, 0.29) is 5.91 Å². The predicted octanol–water partition coefficient (Wildman–Crippen LogP) is 5.06. The van der Waals surface area contributed by atoms with Gasteiger partial charge in [0.15, 0.2) is 0 Å². The van der Waals surface area contributed by atoms with Gasteiger partial charge in [0.05, 0.1) is 37.2 Å². The van der Waals surface area contributed by atoms with Gasteiger partial charge in [0.1, 0.15) is 5.01 Å². The first kappa shape index (κ1) is 16.4. The fourth-order valence-electron chi connectivity index (χ4n) is 2.53. The standard InChI is InChI=1S/C18H15N3OS3/c1-11-19-12(10-23-11)9-21(2)18(22)16-8-7-15(24-16)17-20-13-5-3-4-6-14(13)25-17/h3-8,10H,9H2,1-2H3. The van der Waals surface area contributed by atoms with Crippen molar-refractivity contribution < 1.29 is 4.79 Å². The molecular weight excluding hydrogens is 370 g/mol. The third kappa shape index (κ3) is 3.35. The summed E-state index contributed by atoms with van der Waals surface area (Å²) < 4.78 is 1.16.